The summed E-state index contributed by atoms with van der Waals surface area (Å²) in [6.07, 6.45) is 2.07. The predicted molar refractivity (Wildman–Crippen MR) is 94.3 cm³/mol. The van der Waals surface area contributed by atoms with Crippen molar-refractivity contribution in [3.63, 3.8) is 0 Å². The molecule has 124 valence electrons. The third-order valence-corrected chi connectivity index (χ3v) is 6.80. The van der Waals surface area contributed by atoms with Crippen molar-refractivity contribution in [1.82, 2.24) is 5.32 Å². The molecule has 3 atom stereocenters. The number of nitrogens with one attached hydrogen (secondary N) is 1. The Kier molecular flexibility index (Phi) is 5.29. The van der Waals surface area contributed by atoms with Gasteiger partial charge in [0.05, 0.1) is 12.6 Å². The third kappa shape index (κ3) is 2.63. The maximum absolute atomic E-state index is 12.7. The molecule has 2 heterocycles. The Hall–Kier alpha value is -0.140. The number of fused-ring (bicyclic) bond motifs is 1. The van der Waals surface area contributed by atoms with Gasteiger partial charge in [0, 0.05) is 32.7 Å². The molecule has 1 aromatic rings. The van der Waals surface area contributed by atoms with E-state index < -0.39 is 5.54 Å². The number of ether oxygens (including phenoxy) is 1. The Bertz CT molecular complexity index is 565. The van der Waals surface area contributed by atoms with Crippen molar-refractivity contribution in [3.05, 3.63) is 20.8 Å². The van der Waals surface area contributed by atoms with Crippen LogP contribution < -0.4 is 11.1 Å². The van der Waals surface area contributed by atoms with Gasteiger partial charge in [0.1, 0.15) is 5.54 Å². The highest BCUT2D eigenvalue weighted by atomic mass is 79.9. The smallest absolute Gasteiger partial charge is 0.241 e. The van der Waals surface area contributed by atoms with E-state index in [4.69, 9.17) is 10.5 Å². The van der Waals surface area contributed by atoms with Crippen molar-refractivity contribution in [2.45, 2.75) is 44.9 Å². The molecule has 0 bridgehead atoms. The lowest BCUT2D eigenvalue weighted by Gasteiger charge is -2.65. The summed E-state index contributed by atoms with van der Waals surface area (Å²) in [5.74, 6) is 0.0834. The SMILES string of the molecule is CC1(C)C2OCCCC2C1(N)C(=O)NCc1cc(Br)cs1.Cl. The van der Waals surface area contributed by atoms with Crippen molar-refractivity contribution in [1.29, 1.82) is 0 Å². The van der Waals surface area contributed by atoms with E-state index in [9.17, 15) is 4.79 Å². The summed E-state index contributed by atoms with van der Waals surface area (Å²) < 4.78 is 6.89. The van der Waals surface area contributed by atoms with Crippen LogP contribution >= 0.6 is 39.7 Å². The summed E-state index contributed by atoms with van der Waals surface area (Å²) >= 11 is 5.05. The summed E-state index contributed by atoms with van der Waals surface area (Å²) in [5, 5.41) is 5.03. The lowest BCUT2D eigenvalue weighted by atomic mass is 9.46. The minimum atomic E-state index is -0.827. The van der Waals surface area contributed by atoms with Gasteiger partial charge in [-0.1, -0.05) is 13.8 Å². The number of hydrogen-bond acceptors (Lipinski definition) is 4. The number of thiophene rings is 1. The monoisotopic (exact) mass is 408 g/mol. The predicted octanol–water partition coefficient (Wildman–Crippen LogP) is 3.08. The fraction of sp³-hybridized carbons (Fsp3) is 0.667. The molecular formula is C15H22BrClN2O2S. The summed E-state index contributed by atoms with van der Waals surface area (Å²) in [4.78, 5) is 13.8. The second kappa shape index (κ2) is 6.40. The van der Waals surface area contributed by atoms with Crippen molar-refractivity contribution in [3.8, 4) is 0 Å². The van der Waals surface area contributed by atoms with E-state index in [-0.39, 0.29) is 35.8 Å². The van der Waals surface area contributed by atoms with Crippen molar-refractivity contribution in [2.24, 2.45) is 17.1 Å². The highest BCUT2D eigenvalue weighted by Crippen LogP contribution is 2.57. The molecule has 0 spiro atoms. The Morgan fingerprint density at radius 1 is 1.59 bits per heavy atom. The van der Waals surface area contributed by atoms with E-state index >= 15 is 0 Å². The Labute approximate surface area is 149 Å². The first-order valence-electron chi connectivity index (χ1n) is 7.29. The molecule has 3 rings (SSSR count). The van der Waals surface area contributed by atoms with Gasteiger partial charge in [-0.15, -0.1) is 23.7 Å². The molecule has 1 aromatic heterocycles. The minimum Gasteiger partial charge on any atom is -0.377 e. The minimum absolute atomic E-state index is 0. The Morgan fingerprint density at radius 2 is 2.32 bits per heavy atom. The number of halogens is 2. The first-order chi connectivity index (χ1) is 9.87. The van der Waals surface area contributed by atoms with Gasteiger partial charge in [0.15, 0.2) is 0 Å². The maximum atomic E-state index is 12.7. The zero-order valence-corrected chi connectivity index (χ0v) is 15.9. The van der Waals surface area contributed by atoms with Gasteiger partial charge in [0.25, 0.3) is 0 Å². The molecule has 1 amide bonds. The fourth-order valence-electron chi connectivity index (χ4n) is 3.80. The van der Waals surface area contributed by atoms with Crippen LogP contribution in [-0.2, 0) is 16.1 Å². The molecular weight excluding hydrogens is 388 g/mol. The molecule has 22 heavy (non-hydrogen) atoms. The molecule has 1 aliphatic carbocycles. The standard InChI is InChI=1S/C15H21BrN2O2S.ClH/c1-14(2)12-11(4-3-5-20-12)15(14,17)13(19)18-7-10-6-9(16)8-21-10;/h6,8,11-12H,3-5,7,17H2,1-2H3,(H,18,19);1H. The highest BCUT2D eigenvalue weighted by Gasteiger charge is 2.70. The number of nitrogens with two attached hydrogens (primary N) is 1. The van der Waals surface area contributed by atoms with Gasteiger partial charge >= 0.3 is 0 Å². The third-order valence-electron chi connectivity index (χ3n) is 5.11. The molecule has 3 N–H and O–H groups in total. The molecule has 4 nitrogen and oxygen atoms in total. The van der Waals surface area contributed by atoms with Crippen LogP contribution in [-0.4, -0.2) is 24.2 Å². The van der Waals surface area contributed by atoms with E-state index in [1.165, 1.54) is 0 Å². The number of hydrogen-bond donors (Lipinski definition) is 2. The van der Waals surface area contributed by atoms with Crippen LogP contribution in [0.3, 0.4) is 0 Å². The van der Waals surface area contributed by atoms with E-state index in [0.717, 1.165) is 28.8 Å². The van der Waals surface area contributed by atoms with Gasteiger partial charge in [-0.3, -0.25) is 4.79 Å². The van der Waals surface area contributed by atoms with Crippen LogP contribution in [0.5, 0.6) is 0 Å². The van der Waals surface area contributed by atoms with Crippen molar-refractivity contribution >= 4 is 45.6 Å². The summed E-state index contributed by atoms with van der Waals surface area (Å²) in [6.45, 7) is 5.40. The lowest BCUT2D eigenvalue weighted by molar-refractivity contribution is -0.225. The van der Waals surface area contributed by atoms with E-state index in [1.807, 2.05) is 25.3 Å². The van der Waals surface area contributed by atoms with E-state index in [2.05, 4.69) is 21.2 Å². The van der Waals surface area contributed by atoms with Gasteiger partial charge in [-0.05, 0) is 34.8 Å². The van der Waals surface area contributed by atoms with E-state index in [1.54, 1.807) is 11.3 Å². The van der Waals surface area contributed by atoms with Gasteiger partial charge < -0.3 is 15.8 Å². The molecule has 2 aliphatic rings. The fourth-order valence-corrected chi connectivity index (χ4v) is 5.19. The number of amides is 1. The summed E-state index contributed by atoms with van der Waals surface area (Å²) in [6, 6.07) is 2.02. The summed E-state index contributed by atoms with van der Waals surface area (Å²) in [7, 11) is 0. The van der Waals surface area contributed by atoms with Crippen LogP contribution in [0.2, 0.25) is 0 Å². The topological polar surface area (TPSA) is 64.3 Å². The van der Waals surface area contributed by atoms with Crippen LogP contribution in [0.4, 0.5) is 0 Å². The molecule has 7 heteroatoms. The van der Waals surface area contributed by atoms with Crippen LogP contribution in [0.15, 0.2) is 15.9 Å². The molecule has 1 saturated carbocycles. The van der Waals surface area contributed by atoms with Crippen LogP contribution in [0, 0.1) is 11.3 Å². The highest BCUT2D eigenvalue weighted by molar-refractivity contribution is 9.10. The second-order valence-corrected chi connectivity index (χ2v) is 8.46. The van der Waals surface area contributed by atoms with Crippen molar-refractivity contribution < 1.29 is 9.53 Å². The lowest BCUT2D eigenvalue weighted by Crippen LogP contribution is -2.82. The van der Waals surface area contributed by atoms with Crippen LogP contribution in [0.1, 0.15) is 31.6 Å². The number of carbonyl (C=O) groups is 1. The molecule has 1 aliphatic heterocycles. The molecule has 0 aromatic carbocycles. The molecule has 2 fully saturated rings. The molecule has 0 radical (unpaired) electrons. The average Bonchev–Trinajstić information content (AvgIpc) is 2.89. The zero-order chi connectivity index (χ0) is 15.3. The average molecular weight is 410 g/mol. The number of rotatable bonds is 3. The first-order valence-corrected chi connectivity index (χ1v) is 8.96. The molecule has 1 saturated heterocycles. The van der Waals surface area contributed by atoms with Gasteiger partial charge in [-0.25, -0.2) is 0 Å². The quantitative estimate of drug-likeness (QED) is 0.806. The Balaban J connectivity index is 0.00000176. The van der Waals surface area contributed by atoms with Gasteiger partial charge in [0.2, 0.25) is 5.91 Å². The van der Waals surface area contributed by atoms with Crippen molar-refractivity contribution in [2.75, 3.05) is 6.61 Å². The first kappa shape index (κ1) is 18.2. The largest absolute Gasteiger partial charge is 0.377 e. The molecule has 3 unspecified atom stereocenters. The Morgan fingerprint density at radius 3 is 2.95 bits per heavy atom. The number of carbonyl (C=O) groups excluding carboxylic acids is 1. The summed E-state index contributed by atoms with van der Waals surface area (Å²) in [5.41, 5.74) is 5.40. The van der Waals surface area contributed by atoms with Gasteiger partial charge in [-0.2, -0.15) is 0 Å². The maximum Gasteiger partial charge on any atom is 0.241 e. The zero-order valence-electron chi connectivity index (χ0n) is 12.7. The van der Waals surface area contributed by atoms with Crippen LogP contribution in [0.25, 0.3) is 0 Å². The van der Waals surface area contributed by atoms with E-state index in [0.29, 0.717) is 6.54 Å². The second-order valence-electron chi connectivity index (χ2n) is 6.54. The normalized spacial score (nSPS) is 32.4.